The Balaban J connectivity index is 2.02. The first-order chi connectivity index (χ1) is 13.5. The Labute approximate surface area is 172 Å². The molecule has 1 saturated heterocycles. The molecule has 0 aromatic heterocycles. The van der Waals surface area contributed by atoms with Crippen molar-refractivity contribution >= 4 is 51.9 Å². The van der Waals surface area contributed by atoms with Crippen molar-refractivity contribution in [3.05, 3.63) is 58.5 Å². The van der Waals surface area contributed by atoms with Crippen LogP contribution in [0.3, 0.4) is 0 Å². The number of methoxy groups -OCH3 is 3. The fourth-order valence-electron chi connectivity index (χ4n) is 2.72. The minimum atomic E-state index is -0.539. The maximum absolute atomic E-state index is 13.1. The zero-order chi connectivity index (χ0) is 20.3. The van der Waals surface area contributed by atoms with Gasteiger partial charge < -0.3 is 14.2 Å². The Morgan fingerprint density at radius 2 is 1.86 bits per heavy atom. The van der Waals surface area contributed by atoms with Crippen LogP contribution >= 0.6 is 24.0 Å². The minimum absolute atomic E-state index is 0.265. The number of amides is 1. The number of ether oxygens (including phenoxy) is 3. The molecule has 1 aliphatic heterocycles. The third kappa shape index (κ3) is 3.74. The predicted molar refractivity (Wildman–Crippen MR) is 113 cm³/mol. The van der Waals surface area contributed by atoms with Crippen LogP contribution in [0.1, 0.15) is 15.9 Å². The number of anilines is 1. The third-order valence-corrected chi connectivity index (χ3v) is 5.37. The highest BCUT2D eigenvalue weighted by Crippen LogP contribution is 2.39. The molecular formula is C20H17NO5S2. The van der Waals surface area contributed by atoms with Crippen molar-refractivity contribution in [1.29, 1.82) is 0 Å². The molecule has 0 saturated carbocycles. The number of hydrogen-bond acceptors (Lipinski definition) is 7. The van der Waals surface area contributed by atoms with Crippen LogP contribution in [-0.4, -0.2) is 37.5 Å². The van der Waals surface area contributed by atoms with Gasteiger partial charge in [-0.2, -0.15) is 0 Å². The van der Waals surface area contributed by atoms with E-state index in [2.05, 4.69) is 0 Å². The fourth-order valence-corrected chi connectivity index (χ4v) is 4.00. The summed E-state index contributed by atoms with van der Waals surface area (Å²) >= 11 is 6.56. The van der Waals surface area contributed by atoms with E-state index in [0.29, 0.717) is 32.0 Å². The highest BCUT2D eigenvalue weighted by atomic mass is 32.2. The zero-order valence-corrected chi connectivity index (χ0v) is 17.1. The largest absolute Gasteiger partial charge is 0.497 e. The first-order valence-electron chi connectivity index (χ1n) is 8.17. The Morgan fingerprint density at radius 3 is 2.54 bits per heavy atom. The number of thiocarbonyl (C=S) groups is 1. The number of carbonyl (C=O) groups is 2. The molecule has 2 aromatic carbocycles. The van der Waals surface area contributed by atoms with Crippen LogP contribution in [0.25, 0.3) is 6.08 Å². The molecule has 0 unspecified atom stereocenters. The van der Waals surface area contributed by atoms with E-state index in [1.807, 2.05) is 0 Å². The Morgan fingerprint density at radius 1 is 1.11 bits per heavy atom. The predicted octanol–water partition coefficient (Wildman–Crippen LogP) is 3.90. The Hall–Kier alpha value is -2.84. The van der Waals surface area contributed by atoms with E-state index in [1.54, 1.807) is 62.8 Å². The van der Waals surface area contributed by atoms with Gasteiger partial charge in [0.05, 0.1) is 37.5 Å². The summed E-state index contributed by atoms with van der Waals surface area (Å²) in [6, 6.07) is 12.0. The minimum Gasteiger partial charge on any atom is -0.497 e. The molecule has 6 nitrogen and oxygen atoms in total. The van der Waals surface area contributed by atoms with E-state index >= 15 is 0 Å². The zero-order valence-electron chi connectivity index (χ0n) is 15.4. The molecule has 144 valence electrons. The Kier molecular flexibility index (Phi) is 6.01. The van der Waals surface area contributed by atoms with Gasteiger partial charge in [0.25, 0.3) is 5.91 Å². The number of hydrogen-bond donors (Lipinski definition) is 0. The number of thioether (sulfide) groups is 1. The second-order valence-corrected chi connectivity index (χ2v) is 7.31. The first kappa shape index (κ1) is 19.9. The highest BCUT2D eigenvalue weighted by molar-refractivity contribution is 8.27. The van der Waals surface area contributed by atoms with Gasteiger partial charge in [0.15, 0.2) is 4.32 Å². The maximum Gasteiger partial charge on any atom is 0.339 e. The lowest BCUT2D eigenvalue weighted by atomic mass is 10.1. The van der Waals surface area contributed by atoms with Crippen molar-refractivity contribution in [2.75, 3.05) is 26.2 Å². The number of para-hydroxylation sites is 1. The van der Waals surface area contributed by atoms with Crippen LogP contribution in [0.5, 0.6) is 11.5 Å². The molecule has 1 fully saturated rings. The highest BCUT2D eigenvalue weighted by Gasteiger charge is 2.35. The molecule has 0 bridgehead atoms. The topological polar surface area (TPSA) is 65.1 Å². The van der Waals surface area contributed by atoms with Crippen LogP contribution < -0.4 is 14.4 Å². The summed E-state index contributed by atoms with van der Waals surface area (Å²) in [5, 5.41) is 0. The van der Waals surface area contributed by atoms with E-state index < -0.39 is 5.97 Å². The molecule has 0 spiro atoms. The van der Waals surface area contributed by atoms with Crippen molar-refractivity contribution in [1.82, 2.24) is 0 Å². The standard InChI is InChI=1S/C20H17NO5S2/c1-24-13-8-9-16(25-2)12(10-13)11-17-18(22)21(20(27)28-17)15-7-5-4-6-14(15)19(23)26-3/h4-11H,1-3H3/b17-11-. The molecule has 0 aliphatic carbocycles. The van der Waals surface area contributed by atoms with Crippen LogP contribution in [0, 0.1) is 0 Å². The van der Waals surface area contributed by atoms with Crippen molar-refractivity contribution in [2.24, 2.45) is 0 Å². The summed E-state index contributed by atoms with van der Waals surface area (Å²) in [6.45, 7) is 0. The van der Waals surface area contributed by atoms with E-state index in [1.165, 1.54) is 12.0 Å². The van der Waals surface area contributed by atoms with Gasteiger partial charge in [-0.25, -0.2) is 4.79 Å². The van der Waals surface area contributed by atoms with Crippen LogP contribution in [0.4, 0.5) is 5.69 Å². The lowest BCUT2D eigenvalue weighted by Crippen LogP contribution is -2.29. The van der Waals surface area contributed by atoms with E-state index in [9.17, 15) is 9.59 Å². The van der Waals surface area contributed by atoms with Crippen LogP contribution in [0.2, 0.25) is 0 Å². The molecule has 3 rings (SSSR count). The third-order valence-electron chi connectivity index (χ3n) is 4.07. The Bertz CT molecular complexity index is 986. The number of rotatable bonds is 5. The molecule has 1 heterocycles. The van der Waals surface area contributed by atoms with E-state index in [-0.39, 0.29) is 11.5 Å². The number of carbonyl (C=O) groups excluding carboxylic acids is 2. The molecule has 8 heteroatoms. The summed E-state index contributed by atoms with van der Waals surface area (Å²) in [6.07, 6.45) is 1.70. The number of benzene rings is 2. The molecule has 0 N–H and O–H groups in total. The van der Waals surface area contributed by atoms with Gasteiger partial charge >= 0.3 is 5.97 Å². The molecule has 1 amide bonds. The summed E-state index contributed by atoms with van der Waals surface area (Å²) in [4.78, 5) is 26.9. The van der Waals surface area contributed by atoms with Crippen molar-refractivity contribution in [3.8, 4) is 11.5 Å². The van der Waals surface area contributed by atoms with Crippen LogP contribution in [0.15, 0.2) is 47.4 Å². The summed E-state index contributed by atoms with van der Waals surface area (Å²) in [5.74, 6) is 0.374. The van der Waals surface area contributed by atoms with E-state index in [4.69, 9.17) is 26.4 Å². The summed E-state index contributed by atoms with van der Waals surface area (Å²) in [7, 11) is 4.41. The fraction of sp³-hybridized carbons (Fsp3) is 0.150. The summed E-state index contributed by atoms with van der Waals surface area (Å²) in [5.41, 5.74) is 1.34. The van der Waals surface area contributed by atoms with Gasteiger partial charge in [0.1, 0.15) is 11.5 Å². The van der Waals surface area contributed by atoms with Gasteiger partial charge in [-0.15, -0.1) is 0 Å². The van der Waals surface area contributed by atoms with Crippen molar-refractivity contribution in [3.63, 3.8) is 0 Å². The number of esters is 1. The lowest BCUT2D eigenvalue weighted by molar-refractivity contribution is -0.113. The van der Waals surface area contributed by atoms with Crippen molar-refractivity contribution in [2.45, 2.75) is 0 Å². The second-order valence-electron chi connectivity index (χ2n) is 5.63. The van der Waals surface area contributed by atoms with Crippen LogP contribution in [-0.2, 0) is 9.53 Å². The maximum atomic E-state index is 13.1. The SMILES string of the molecule is COC(=O)c1ccccc1N1C(=O)/C(=C/c2cc(OC)ccc2OC)SC1=S. The first-order valence-corrected chi connectivity index (χ1v) is 9.40. The van der Waals surface area contributed by atoms with Gasteiger partial charge in [-0.05, 0) is 36.4 Å². The quantitative estimate of drug-likeness (QED) is 0.417. The van der Waals surface area contributed by atoms with Gasteiger partial charge in [0.2, 0.25) is 0 Å². The number of nitrogens with zero attached hydrogens (tertiary/aromatic N) is 1. The second kappa shape index (κ2) is 8.45. The molecule has 28 heavy (non-hydrogen) atoms. The smallest absolute Gasteiger partial charge is 0.339 e. The van der Waals surface area contributed by atoms with Gasteiger partial charge in [0, 0.05) is 5.56 Å². The van der Waals surface area contributed by atoms with Crippen molar-refractivity contribution < 1.29 is 23.8 Å². The monoisotopic (exact) mass is 415 g/mol. The molecular weight excluding hydrogens is 398 g/mol. The normalized spacial score (nSPS) is 15.1. The van der Waals surface area contributed by atoms with Gasteiger partial charge in [-0.3, -0.25) is 9.69 Å². The average molecular weight is 415 g/mol. The van der Waals surface area contributed by atoms with E-state index in [0.717, 1.165) is 11.8 Å². The van der Waals surface area contributed by atoms with Gasteiger partial charge in [-0.1, -0.05) is 36.1 Å². The molecule has 0 atom stereocenters. The molecule has 0 radical (unpaired) electrons. The lowest BCUT2D eigenvalue weighted by Gasteiger charge is -2.17. The molecule has 2 aromatic rings. The summed E-state index contributed by atoms with van der Waals surface area (Å²) < 4.78 is 15.8. The molecule has 1 aliphatic rings. The average Bonchev–Trinajstić information content (AvgIpc) is 3.00.